The van der Waals surface area contributed by atoms with Crippen molar-refractivity contribution in [2.45, 2.75) is 31.2 Å². The molecule has 0 aliphatic carbocycles. The summed E-state index contributed by atoms with van der Waals surface area (Å²) in [6, 6.07) is 0.339. The van der Waals surface area contributed by atoms with Crippen molar-refractivity contribution in [3.05, 3.63) is 22.7 Å². The Balaban J connectivity index is 1.87. The summed E-state index contributed by atoms with van der Waals surface area (Å²) in [7, 11) is 0. The van der Waals surface area contributed by atoms with Crippen LogP contribution < -0.4 is 0 Å². The fourth-order valence-corrected chi connectivity index (χ4v) is 3.47. The van der Waals surface area contributed by atoms with E-state index in [2.05, 4.69) is 15.5 Å². The first-order chi connectivity index (χ1) is 10.9. The van der Waals surface area contributed by atoms with Gasteiger partial charge in [0.25, 0.3) is 5.91 Å². The first-order valence-corrected chi connectivity index (χ1v) is 7.64. The Bertz CT molecular complexity index is 687. The topological polar surface area (TPSA) is 84.1 Å². The lowest BCUT2D eigenvalue weighted by Gasteiger charge is -2.29. The summed E-state index contributed by atoms with van der Waals surface area (Å²) < 4.78 is 39.6. The molecule has 0 saturated carbocycles. The van der Waals surface area contributed by atoms with Crippen molar-refractivity contribution in [1.82, 2.24) is 25.1 Å². The number of amides is 1. The van der Waals surface area contributed by atoms with E-state index in [-0.39, 0.29) is 17.8 Å². The molecule has 124 valence electrons. The highest BCUT2D eigenvalue weighted by Gasteiger charge is 2.48. The van der Waals surface area contributed by atoms with Gasteiger partial charge in [-0.1, -0.05) is 0 Å². The minimum Gasteiger partial charge on any atom is -0.382 e. The van der Waals surface area contributed by atoms with E-state index >= 15 is 0 Å². The molecule has 3 rings (SSSR count). The third-order valence-corrected chi connectivity index (χ3v) is 4.59. The van der Waals surface area contributed by atoms with Crippen molar-refractivity contribution >= 4 is 17.2 Å². The molecule has 1 amide bonds. The first kappa shape index (κ1) is 15.9. The molecular weight excluding hydrogens is 335 g/mol. The number of carbonyl (C=O) groups excluding carboxylic acids is 1. The van der Waals surface area contributed by atoms with Crippen LogP contribution in [0.1, 0.15) is 22.5 Å². The van der Waals surface area contributed by atoms with Crippen LogP contribution in [0.4, 0.5) is 13.2 Å². The summed E-state index contributed by atoms with van der Waals surface area (Å²) in [6.07, 6.45) is -5.50. The van der Waals surface area contributed by atoms with Crippen molar-refractivity contribution in [2.24, 2.45) is 0 Å². The number of nitrogens with zero attached hydrogens (tertiary/aromatic N) is 5. The second kappa shape index (κ2) is 5.89. The van der Waals surface area contributed by atoms with Gasteiger partial charge in [0, 0.05) is 6.54 Å². The average molecular weight is 347 g/mol. The summed E-state index contributed by atoms with van der Waals surface area (Å²) in [4.78, 5) is 14.0. The Kier molecular flexibility index (Phi) is 4.06. The average Bonchev–Trinajstić information content (AvgIpc) is 3.22. The fourth-order valence-electron chi connectivity index (χ4n) is 2.64. The monoisotopic (exact) mass is 347 g/mol. The van der Waals surface area contributed by atoms with Gasteiger partial charge < -0.3 is 10.0 Å². The van der Waals surface area contributed by atoms with Crippen LogP contribution in [0.2, 0.25) is 0 Å². The van der Waals surface area contributed by atoms with Gasteiger partial charge in [-0.25, -0.2) is 0 Å². The second-order valence-electron chi connectivity index (χ2n) is 5.08. The Morgan fingerprint density at radius 3 is 2.91 bits per heavy atom. The van der Waals surface area contributed by atoms with Gasteiger partial charge in [0.15, 0.2) is 6.10 Å². The molecule has 11 heteroatoms. The third-order valence-electron chi connectivity index (χ3n) is 3.69. The van der Waals surface area contributed by atoms with E-state index in [0.717, 1.165) is 16.2 Å². The number of aromatic nitrogens is 4. The molecule has 0 radical (unpaired) electrons. The van der Waals surface area contributed by atoms with E-state index in [1.165, 1.54) is 11.0 Å². The van der Waals surface area contributed by atoms with Gasteiger partial charge in [-0.05, 0) is 34.7 Å². The van der Waals surface area contributed by atoms with Crippen LogP contribution in [0.3, 0.4) is 0 Å². The molecular formula is C12H12F3N5O2S. The zero-order valence-electron chi connectivity index (χ0n) is 11.6. The normalized spacial score (nSPS) is 20.0. The zero-order valence-corrected chi connectivity index (χ0v) is 12.5. The van der Waals surface area contributed by atoms with Crippen molar-refractivity contribution in [2.75, 3.05) is 6.54 Å². The Morgan fingerprint density at radius 2 is 2.26 bits per heavy atom. The minimum absolute atomic E-state index is 0.109. The summed E-state index contributed by atoms with van der Waals surface area (Å²) in [5, 5.41) is 21.8. The number of hydrogen-bond donors (Lipinski definition) is 1. The van der Waals surface area contributed by atoms with Crippen molar-refractivity contribution in [3.63, 3.8) is 0 Å². The third kappa shape index (κ3) is 2.93. The maximum atomic E-state index is 12.8. The zero-order chi connectivity index (χ0) is 16.6. The molecule has 1 N–H and O–H groups in total. The standard InChI is InChI=1S/C12H12F3N5O2S/c13-12(14,15)10(21)8-2-1-4-19(8)11(22)9-7(3-5-23-9)20-6-16-17-18-20/h3,5-6,8,10,21H,1-2,4H2/t8-,10+/m1/s1. The highest BCUT2D eigenvalue weighted by Crippen LogP contribution is 2.33. The molecule has 7 nitrogen and oxygen atoms in total. The van der Waals surface area contributed by atoms with Crippen molar-refractivity contribution in [1.29, 1.82) is 0 Å². The SMILES string of the molecule is O=C(c1sccc1-n1cnnn1)N1CCC[C@@H]1[C@H](O)C(F)(F)F. The second-order valence-corrected chi connectivity index (χ2v) is 6.00. The fraction of sp³-hybridized carbons (Fsp3) is 0.500. The molecule has 23 heavy (non-hydrogen) atoms. The van der Waals surface area contributed by atoms with Crippen LogP contribution >= 0.6 is 11.3 Å². The van der Waals surface area contributed by atoms with E-state index in [1.54, 1.807) is 11.4 Å². The first-order valence-electron chi connectivity index (χ1n) is 6.76. The number of tetrazole rings is 1. The lowest BCUT2D eigenvalue weighted by Crippen LogP contribution is -2.49. The molecule has 2 atom stereocenters. The van der Waals surface area contributed by atoms with Crippen LogP contribution in [0.15, 0.2) is 17.8 Å². The molecule has 3 heterocycles. The molecule has 1 fully saturated rings. The molecule has 2 aromatic heterocycles. The number of thiophene rings is 1. The summed E-state index contributed by atoms with van der Waals surface area (Å²) in [5.74, 6) is -0.559. The number of rotatable bonds is 3. The Labute approximate surface area is 132 Å². The van der Waals surface area contributed by atoms with Crippen LogP contribution in [0, 0.1) is 0 Å². The van der Waals surface area contributed by atoms with E-state index in [4.69, 9.17) is 0 Å². The lowest BCUT2D eigenvalue weighted by molar-refractivity contribution is -0.216. The predicted molar refractivity (Wildman–Crippen MR) is 73.2 cm³/mol. The van der Waals surface area contributed by atoms with Crippen LogP contribution in [-0.4, -0.2) is 61.0 Å². The molecule has 0 bridgehead atoms. The van der Waals surface area contributed by atoms with Gasteiger partial charge in [-0.15, -0.1) is 16.4 Å². The highest BCUT2D eigenvalue weighted by atomic mass is 32.1. The number of hydrogen-bond acceptors (Lipinski definition) is 6. The number of likely N-dealkylation sites (tertiary alicyclic amines) is 1. The largest absolute Gasteiger partial charge is 0.416 e. The van der Waals surface area contributed by atoms with Crippen LogP contribution in [-0.2, 0) is 0 Å². The summed E-state index contributed by atoms with van der Waals surface area (Å²) >= 11 is 1.09. The van der Waals surface area contributed by atoms with Crippen molar-refractivity contribution < 1.29 is 23.1 Å². The van der Waals surface area contributed by atoms with Gasteiger partial charge in [0.2, 0.25) is 0 Å². The maximum absolute atomic E-state index is 12.8. The van der Waals surface area contributed by atoms with Crippen LogP contribution in [0.5, 0.6) is 0 Å². The van der Waals surface area contributed by atoms with Gasteiger partial charge in [0.05, 0.1) is 11.7 Å². The number of halogens is 3. The maximum Gasteiger partial charge on any atom is 0.416 e. The molecule has 0 spiro atoms. The highest BCUT2D eigenvalue weighted by molar-refractivity contribution is 7.12. The molecule has 1 aliphatic heterocycles. The molecule has 0 aromatic carbocycles. The van der Waals surface area contributed by atoms with Crippen molar-refractivity contribution in [3.8, 4) is 5.69 Å². The predicted octanol–water partition coefficient (Wildman–Crippen LogP) is 1.25. The number of aliphatic hydroxyl groups excluding tert-OH is 1. The quantitative estimate of drug-likeness (QED) is 0.903. The Morgan fingerprint density at radius 1 is 1.48 bits per heavy atom. The molecule has 1 aliphatic rings. The summed E-state index contributed by atoms with van der Waals surface area (Å²) in [5.41, 5.74) is 0.400. The lowest BCUT2D eigenvalue weighted by atomic mass is 10.1. The van der Waals surface area contributed by atoms with E-state index < -0.39 is 24.2 Å². The number of aliphatic hydroxyl groups is 1. The van der Waals surface area contributed by atoms with Crippen LogP contribution in [0.25, 0.3) is 5.69 Å². The van der Waals surface area contributed by atoms with E-state index in [9.17, 15) is 23.1 Å². The molecule has 1 saturated heterocycles. The van der Waals surface area contributed by atoms with E-state index in [0.29, 0.717) is 12.1 Å². The van der Waals surface area contributed by atoms with Gasteiger partial charge in [-0.2, -0.15) is 17.9 Å². The minimum atomic E-state index is -4.76. The molecule has 0 unspecified atom stereocenters. The van der Waals surface area contributed by atoms with E-state index in [1.807, 2.05) is 0 Å². The Hall–Kier alpha value is -2.01. The summed E-state index contributed by atoms with van der Waals surface area (Å²) in [6.45, 7) is 0.170. The van der Waals surface area contributed by atoms with Gasteiger partial charge in [0.1, 0.15) is 11.2 Å². The molecule has 2 aromatic rings. The smallest absolute Gasteiger partial charge is 0.382 e. The number of alkyl halides is 3. The van der Waals surface area contributed by atoms with Gasteiger partial charge in [-0.3, -0.25) is 4.79 Å². The van der Waals surface area contributed by atoms with Gasteiger partial charge >= 0.3 is 6.18 Å². The number of carbonyl (C=O) groups is 1.